The molecule has 1 saturated carbocycles. The molecule has 4 rings (SSSR count). The van der Waals surface area contributed by atoms with Gasteiger partial charge in [-0.1, -0.05) is 36.4 Å². The van der Waals surface area contributed by atoms with Gasteiger partial charge in [0.1, 0.15) is 6.10 Å². The van der Waals surface area contributed by atoms with Crippen molar-refractivity contribution in [2.75, 3.05) is 4.90 Å². The van der Waals surface area contributed by atoms with E-state index in [2.05, 4.69) is 16.7 Å². The Morgan fingerprint density at radius 2 is 1.83 bits per heavy atom. The van der Waals surface area contributed by atoms with E-state index in [4.69, 9.17) is 12.2 Å². The topological polar surface area (TPSA) is 84.8 Å². The van der Waals surface area contributed by atoms with Crippen molar-refractivity contribution in [3.63, 3.8) is 0 Å². The lowest BCUT2D eigenvalue weighted by Gasteiger charge is -2.41. The van der Waals surface area contributed by atoms with Crippen molar-refractivity contribution >= 4 is 28.9 Å². The molecule has 1 amide bonds. The zero-order valence-corrected chi connectivity index (χ0v) is 17.9. The quantitative estimate of drug-likeness (QED) is 0.559. The smallest absolute Gasteiger partial charge is 0.225 e. The fourth-order valence-corrected chi connectivity index (χ4v) is 5.01. The van der Waals surface area contributed by atoms with Gasteiger partial charge in [0, 0.05) is 12.2 Å². The summed E-state index contributed by atoms with van der Waals surface area (Å²) in [7, 11) is 0. The van der Waals surface area contributed by atoms with Crippen LogP contribution in [0.1, 0.15) is 23.1 Å². The number of carbonyl (C=O) groups excluding carboxylic acids is 1. The molecule has 2 aliphatic rings. The summed E-state index contributed by atoms with van der Waals surface area (Å²) >= 11 is 5.59. The first-order valence-electron chi connectivity index (χ1n) is 10.2. The van der Waals surface area contributed by atoms with Gasteiger partial charge in [0.2, 0.25) is 5.91 Å². The minimum atomic E-state index is -0.998. The van der Waals surface area contributed by atoms with Gasteiger partial charge in [-0.05, 0) is 61.3 Å². The van der Waals surface area contributed by atoms with Crippen molar-refractivity contribution in [2.45, 2.75) is 51.1 Å². The van der Waals surface area contributed by atoms with Crippen molar-refractivity contribution in [3.05, 3.63) is 65.2 Å². The maximum atomic E-state index is 13.2. The van der Waals surface area contributed by atoms with Crippen molar-refractivity contribution in [3.8, 4) is 0 Å². The van der Waals surface area contributed by atoms with Gasteiger partial charge in [-0.3, -0.25) is 4.79 Å². The summed E-state index contributed by atoms with van der Waals surface area (Å²) in [4.78, 5) is 15.1. The number of rotatable bonds is 4. The third kappa shape index (κ3) is 3.93. The van der Waals surface area contributed by atoms with Gasteiger partial charge in [0.05, 0.1) is 24.1 Å². The van der Waals surface area contributed by atoms with Crippen LogP contribution in [-0.2, 0) is 11.3 Å². The molecule has 0 bridgehead atoms. The normalized spacial score (nSPS) is 28.1. The summed E-state index contributed by atoms with van der Waals surface area (Å²) in [5.41, 5.74) is 4.09. The van der Waals surface area contributed by atoms with Crippen LogP contribution in [0.4, 0.5) is 5.69 Å². The predicted octanol–water partition coefficient (Wildman–Crippen LogP) is 1.79. The van der Waals surface area contributed by atoms with Gasteiger partial charge in [-0.15, -0.1) is 0 Å². The highest BCUT2D eigenvalue weighted by atomic mass is 32.1. The molecular weight excluding hydrogens is 398 g/mol. The van der Waals surface area contributed by atoms with Crippen LogP contribution in [0.3, 0.4) is 0 Å². The van der Waals surface area contributed by atoms with E-state index in [0.29, 0.717) is 11.7 Å². The lowest BCUT2D eigenvalue weighted by Crippen LogP contribution is -2.60. The maximum Gasteiger partial charge on any atom is 0.225 e. The molecule has 1 aliphatic carbocycles. The van der Waals surface area contributed by atoms with Crippen LogP contribution in [0.2, 0.25) is 0 Å². The molecule has 7 heteroatoms. The second-order valence-corrected chi connectivity index (χ2v) is 8.67. The van der Waals surface area contributed by atoms with Crippen LogP contribution < -0.4 is 15.5 Å². The van der Waals surface area contributed by atoms with Crippen molar-refractivity contribution < 1.29 is 15.0 Å². The standard InChI is InChI=1S/C23H27N3O3S/c1-13-8-14(2)10-16(9-13)26-20-17(11-18(27)21(28)19(20)25-23(26)30)22(29)24-12-15-6-4-3-5-7-15/h3-10,17-21,27-28H,11-12H2,1-2H3,(H,24,29)(H,25,30)/t17-,18-,19-,20+,21+/m1/s1. The van der Waals surface area contributed by atoms with E-state index in [1.165, 1.54) is 0 Å². The molecule has 6 nitrogen and oxygen atoms in total. The Balaban J connectivity index is 1.63. The fraction of sp³-hybridized carbons (Fsp3) is 0.391. The number of nitrogens with one attached hydrogen (secondary N) is 2. The minimum absolute atomic E-state index is 0.152. The summed E-state index contributed by atoms with van der Waals surface area (Å²) < 4.78 is 0. The van der Waals surface area contributed by atoms with E-state index in [1.807, 2.05) is 61.2 Å². The zero-order valence-electron chi connectivity index (χ0n) is 17.1. The number of aliphatic hydroxyl groups excluding tert-OH is 2. The summed E-state index contributed by atoms with van der Waals surface area (Å²) in [5.74, 6) is -0.674. The molecule has 1 aliphatic heterocycles. The van der Waals surface area contributed by atoms with Gasteiger partial charge in [0.25, 0.3) is 0 Å². The number of thiocarbonyl (C=S) groups is 1. The Bertz CT molecular complexity index is 932. The van der Waals surface area contributed by atoms with Crippen LogP contribution in [0.15, 0.2) is 48.5 Å². The molecule has 4 N–H and O–H groups in total. The fourth-order valence-electron chi connectivity index (χ4n) is 4.65. The summed E-state index contributed by atoms with van der Waals surface area (Å²) in [6.45, 7) is 4.45. The van der Waals surface area contributed by atoms with E-state index < -0.39 is 24.2 Å². The highest BCUT2D eigenvalue weighted by molar-refractivity contribution is 7.80. The average Bonchev–Trinajstić information content (AvgIpc) is 3.06. The number of fused-ring (bicyclic) bond motifs is 1. The average molecular weight is 426 g/mol. The SMILES string of the molecule is Cc1cc(C)cc(N2C(=S)N[C@H]3[C@@H](O)[C@H](O)C[C@@H](C(=O)NCc4ccccc4)[C@@H]32)c1. The second kappa shape index (κ2) is 8.34. The van der Waals surface area contributed by atoms with Crippen LogP contribution in [0, 0.1) is 19.8 Å². The lowest BCUT2D eigenvalue weighted by atomic mass is 9.77. The molecule has 5 atom stereocenters. The van der Waals surface area contributed by atoms with Gasteiger partial charge in [0.15, 0.2) is 5.11 Å². The van der Waals surface area contributed by atoms with Gasteiger partial charge >= 0.3 is 0 Å². The van der Waals surface area contributed by atoms with Crippen LogP contribution >= 0.6 is 12.2 Å². The van der Waals surface area contributed by atoms with E-state index in [-0.39, 0.29) is 18.4 Å². The second-order valence-electron chi connectivity index (χ2n) is 8.29. The molecule has 0 spiro atoms. The summed E-state index contributed by atoms with van der Waals surface area (Å²) in [6.07, 6.45) is -1.82. The molecule has 1 saturated heterocycles. The molecule has 158 valence electrons. The first kappa shape index (κ1) is 20.8. The summed E-state index contributed by atoms with van der Waals surface area (Å²) in [5, 5.41) is 27.7. The van der Waals surface area contributed by atoms with Crippen LogP contribution in [0.5, 0.6) is 0 Å². The Hall–Kier alpha value is -2.48. The Labute approximate surface area is 181 Å². The van der Waals surface area contributed by atoms with E-state index in [0.717, 1.165) is 22.4 Å². The van der Waals surface area contributed by atoms with Crippen molar-refractivity contribution in [1.29, 1.82) is 0 Å². The third-order valence-electron chi connectivity index (χ3n) is 5.98. The number of aryl methyl sites for hydroxylation is 2. The maximum absolute atomic E-state index is 13.2. The molecular formula is C23H27N3O3S. The summed E-state index contributed by atoms with van der Waals surface area (Å²) in [6, 6.07) is 14.9. The van der Waals surface area contributed by atoms with E-state index >= 15 is 0 Å². The molecule has 0 unspecified atom stereocenters. The highest BCUT2D eigenvalue weighted by Gasteiger charge is 2.53. The minimum Gasteiger partial charge on any atom is -0.390 e. The zero-order chi connectivity index (χ0) is 21.4. The molecule has 1 heterocycles. The first-order valence-corrected chi connectivity index (χ1v) is 10.6. The number of anilines is 1. The van der Waals surface area contributed by atoms with Crippen molar-refractivity contribution in [2.24, 2.45) is 5.92 Å². The number of carbonyl (C=O) groups is 1. The number of amides is 1. The largest absolute Gasteiger partial charge is 0.390 e. The number of hydrogen-bond donors (Lipinski definition) is 4. The molecule has 0 aromatic heterocycles. The monoisotopic (exact) mass is 425 g/mol. The molecule has 2 fully saturated rings. The van der Waals surface area contributed by atoms with Crippen LogP contribution in [0.25, 0.3) is 0 Å². The Kier molecular flexibility index (Phi) is 5.77. The number of nitrogens with zero attached hydrogens (tertiary/aromatic N) is 1. The van der Waals surface area contributed by atoms with Gasteiger partial charge in [-0.25, -0.2) is 0 Å². The lowest BCUT2D eigenvalue weighted by molar-refractivity contribution is -0.131. The van der Waals surface area contributed by atoms with E-state index in [9.17, 15) is 15.0 Å². The van der Waals surface area contributed by atoms with Gasteiger partial charge < -0.3 is 25.7 Å². The molecule has 2 aromatic rings. The number of hydrogen-bond acceptors (Lipinski definition) is 4. The van der Waals surface area contributed by atoms with Gasteiger partial charge in [-0.2, -0.15) is 0 Å². The first-order chi connectivity index (χ1) is 14.3. The molecule has 2 aromatic carbocycles. The molecule has 30 heavy (non-hydrogen) atoms. The Morgan fingerprint density at radius 1 is 1.17 bits per heavy atom. The Morgan fingerprint density at radius 3 is 2.50 bits per heavy atom. The highest BCUT2D eigenvalue weighted by Crippen LogP contribution is 2.37. The third-order valence-corrected chi connectivity index (χ3v) is 6.29. The molecule has 0 radical (unpaired) electrons. The predicted molar refractivity (Wildman–Crippen MR) is 120 cm³/mol. The number of benzene rings is 2. The number of aliphatic hydroxyl groups is 2. The van der Waals surface area contributed by atoms with Crippen LogP contribution in [-0.4, -0.2) is 45.5 Å². The van der Waals surface area contributed by atoms with Crippen molar-refractivity contribution in [1.82, 2.24) is 10.6 Å². The van der Waals surface area contributed by atoms with E-state index in [1.54, 1.807) is 0 Å².